The van der Waals surface area contributed by atoms with Gasteiger partial charge in [-0.15, -0.1) is 0 Å². The van der Waals surface area contributed by atoms with Gasteiger partial charge in [0.2, 0.25) is 0 Å². The summed E-state index contributed by atoms with van der Waals surface area (Å²) in [6.45, 7) is 4.04. The van der Waals surface area contributed by atoms with Gasteiger partial charge in [0.05, 0.1) is 10.6 Å². The number of phenolic OH excluding ortho intramolecular Hbond substituents is 1. The lowest BCUT2D eigenvalue weighted by atomic mass is 10.0. The van der Waals surface area contributed by atoms with Crippen molar-refractivity contribution in [3.8, 4) is 17.2 Å². The molecule has 0 unspecified atom stereocenters. The molecule has 0 aliphatic heterocycles. The standard InChI is InChI=1S/C16H17Br2O5P/c1-9(2)14-12(17)7-13(16(19)15(14)18)23-11-5-3-10(4-6-11)8-24(20,21)22/h3-7,9,19H,8H2,1-2H3,(H2,20,21,22). The first kappa shape index (κ1) is 19.5. The molecule has 8 heteroatoms. The Morgan fingerprint density at radius 3 is 2.25 bits per heavy atom. The Bertz CT molecular complexity index is 784. The number of hydrogen-bond acceptors (Lipinski definition) is 3. The second-order valence-corrected chi connectivity index (χ2v) is 8.95. The van der Waals surface area contributed by atoms with Crippen LogP contribution in [0.2, 0.25) is 0 Å². The van der Waals surface area contributed by atoms with Crippen LogP contribution in [0.15, 0.2) is 39.3 Å². The van der Waals surface area contributed by atoms with E-state index in [-0.39, 0.29) is 23.6 Å². The average Bonchev–Trinajstić information content (AvgIpc) is 2.44. The van der Waals surface area contributed by atoms with Gasteiger partial charge in [0, 0.05) is 4.47 Å². The van der Waals surface area contributed by atoms with Crippen LogP contribution in [0.25, 0.3) is 0 Å². The van der Waals surface area contributed by atoms with Crippen molar-refractivity contribution in [2.75, 3.05) is 0 Å². The second-order valence-electron chi connectivity index (χ2n) is 5.66. The van der Waals surface area contributed by atoms with E-state index in [9.17, 15) is 9.67 Å². The van der Waals surface area contributed by atoms with Gasteiger partial charge >= 0.3 is 7.60 Å². The Balaban J connectivity index is 2.27. The fourth-order valence-corrected chi connectivity index (χ4v) is 4.92. The molecule has 0 aliphatic rings. The fourth-order valence-electron chi connectivity index (χ4n) is 2.24. The van der Waals surface area contributed by atoms with E-state index in [4.69, 9.17) is 14.5 Å². The van der Waals surface area contributed by atoms with Crippen LogP contribution in [0, 0.1) is 0 Å². The van der Waals surface area contributed by atoms with Crippen LogP contribution < -0.4 is 4.74 Å². The Morgan fingerprint density at radius 2 is 1.75 bits per heavy atom. The van der Waals surface area contributed by atoms with Crippen LogP contribution in [0.1, 0.15) is 30.9 Å². The highest BCUT2D eigenvalue weighted by Crippen LogP contribution is 2.45. The summed E-state index contributed by atoms with van der Waals surface area (Å²) in [5.41, 5.74) is 1.45. The van der Waals surface area contributed by atoms with Crippen LogP contribution in [0.3, 0.4) is 0 Å². The molecule has 0 atom stereocenters. The first-order valence-corrected chi connectivity index (χ1v) is 10.5. The van der Waals surface area contributed by atoms with Gasteiger partial charge in [-0.2, -0.15) is 0 Å². The van der Waals surface area contributed by atoms with Crippen LogP contribution in [0.5, 0.6) is 17.2 Å². The molecule has 5 nitrogen and oxygen atoms in total. The molecule has 3 N–H and O–H groups in total. The lowest BCUT2D eigenvalue weighted by molar-refractivity contribution is 0.371. The predicted octanol–water partition coefficient (Wildman–Crippen LogP) is 5.51. The topological polar surface area (TPSA) is 87.0 Å². The van der Waals surface area contributed by atoms with Gasteiger partial charge in [0.25, 0.3) is 0 Å². The summed E-state index contributed by atoms with van der Waals surface area (Å²) in [5, 5.41) is 10.3. The lowest BCUT2D eigenvalue weighted by Crippen LogP contribution is -1.95. The van der Waals surface area contributed by atoms with Crippen LogP contribution in [0.4, 0.5) is 0 Å². The number of rotatable bonds is 5. The van der Waals surface area contributed by atoms with Crippen LogP contribution in [-0.4, -0.2) is 14.9 Å². The van der Waals surface area contributed by atoms with Gasteiger partial charge in [-0.1, -0.05) is 41.9 Å². The molecule has 0 bridgehead atoms. The van der Waals surface area contributed by atoms with Gasteiger partial charge in [0.15, 0.2) is 11.5 Å². The largest absolute Gasteiger partial charge is 0.503 e. The van der Waals surface area contributed by atoms with Gasteiger partial charge in [-0.25, -0.2) is 0 Å². The lowest BCUT2D eigenvalue weighted by Gasteiger charge is -2.16. The highest BCUT2D eigenvalue weighted by molar-refractivity contribution is 9.11. The zero-order valence-electron chi connectivity index (χ0n) is 13.0. The molecule has 0 saturated heterocycles. The van der Waals surface area contributed by atoms with Crippen LogP contribution >= 0.6 is 39.5 Å². The minimum absolute atomic E-state index is 0.00111. The first-order valence-electron chi connectivity index (χ1n) is 7.10. The van der Waals surface area contributed by atoms with Gasteiger partial charge < -0.3 is 19.6 Å². The van der Waals surface area contributed by atoms with E-state index in [1.54, 1.807) is 30.3 Å². The molecule has 0 amide bonds. The second kappa shape index (κ2) is 7.58. The quantitative estimate of drug-likeness (QED) is 0.492. The molecule has 2 aromatic carbocycles. The van der Waals surface area contributed by atoms with E-state index >= 15 is 0 Å². The molecule has 24 heavy (non-hydrogen) atoms. The molecular formula is C16H17Br2O5P. The van der Waals surface area contributed by atoms with Crippen molar-refractivity contribution in [2.45, 2.75) is 25.9 Å². The zero-order valence-corrected chi connectivity index (χ0v) is 17.1. The van der Waals surface area contributed by atoms with Crippen molar-refractivity contribution >= 4 is 39.5 Å². The van der Waals surface area contributed by atoms with Crippen molar-refractivity contribution in [1.29, 1.82) is 0 Å². The fraction of sp³-hybridized carbons (Fsp3) is 0.250. The normalized spacial score (nSPS) is 11.8. The number of phenols is 1. The molecule has 130 valence electrons. The monoisotopic (exact) mass is 478 g/mol. The molecule has 0 fully saturated rings. The number of ether oxygens (including phenoxy) is 1. The number of hydrogen-bond donors (Lipinski definition) is 3. The van der Waals surface area contributed by atoms with Gasteiger partial charge in [-0.05, 0) is 51.2 Å². The van der Waals surface area contributed by atoms with Crippen molar-refractivity contribution in [3.05, 3.63) is 50.4 Å². The molecule has 0 saturated carbocycles. The van der Waals surface area contributed by atoms with Crippen molar-refractivity contribution in [3.63, 3.8) is 0 Å². The molecule has 0 heterocycles. The third kappa shape index (κ3) is 4.83. The maximum absolute atomic E-state index is 11.0. The summed E-state index contributed by atoms with van der Waals surface area (Å²) >= 11 is 6.88. The van der Waals surface area contributed by atoms with E-state index < -0.39 is 7.60 Å². The maximum atomic E-state index is 11.0. The Labute approximate surface area is 157 Å². The molecular weight excluding hydrogens is 463 g/mol. The summed E-state index contributed by atoms with van der Waals surface area (Å²) in [6, 6.07) is 8.06. The SMILES string of the molecule is CC(C)c1c(Br)cc(Oc2ccc(CP(=O)(O)O)cc2)c(O)c1Br. The van der Waals surface area contributed by atoms with E-state index in [1.807, 2.05) is 13.8 Å². The molecule has 0 aromatic heterocycles. The van der Waals surface area contributed by atoms with Gasteiger partial charge in [0.1, 0.15) is 5.75 Å². The molecule has 0 spiro atoms. The van der Waals surface area contributed by atoms with E-state index in [0.29, 0.717) is 15.8 Å². The van der Waals surface area contributed by atoms with Crippen molar-refractivity contribution in [2.24, 2.45) is 0 Å². The highest BCUT2D eigenvalue weighted by Gasteiger charge is 2.19. The Kier molecular flexibility index (Phi) is 6.15. The van der Waals surface area contributed by atoms with E-state index in [1.165, 1.54) is 0 Å². The first-order chi connectivity index (χ1) is 11.1. The van der Waals surface area contributed by atoms with Crippen LogP contribution in [-0.2, 0) is 10.7 Å². The predicted molar refractivity (Wildman–Crippen MR) is 99.9 cm³/mol. The third-order valence-corrected chi connectivity index (χ3v) is 5.55. The zero-order chi connectivity index (χ0) is 18.1. The molecule has 2 rings (SSSR count). The highest BCUT2D eigenvalue weighted by atomic mass is 79.9. The Morgan fingerprint density at radius 1 is 1.17 bits per heavy atom. The van der Waals surface area contributed by atoms with E-state index in [2.05, 4.69) is 31.9 Å². The molecule has 0 aliphatic carbocycles. The molecule has 2 aromatic rings. The number of benzene rings is 2. The smallest absolute Gasteiger partial charge is 0.329 e. The minimum Gasteiger partial charge on any atom is -0.503 e. The van der Waals surface area contributed by atoms with E-state index in [0.717, 1.165) is 10.0 Å². The summed E-state index contributed by atoms with van der Waals surface area (Å²) in [5.74, 6) is 0.943. The Hall–Kier alpha value is -0.850. The summed E-state index contributed by atoms with van der Waals surface area (Å²) in [7, 11) is -4.10. The maximum Gasteiger partial charge on any atom is 0.329 e. The average molecular weight is 480 g/mol. The summed E-state index contributed by atoms with van der Waals surface area (Å²) in [4.78, 5) is 18.0. The number of halogens is 2. The number of aromatic hydroxyl groups is 1. The van der Waals surface area contributed by atoms with Crippen molar-refractivity contribution < 1.29 is 24.2 Å². The summed E-state index contributed by atoms with van der Waals surface area (Å²) in [6.07, 6.45) is -0.321. The third-order valence-electron chi connectivity index (χ3n) is 3.31. The molecule has 0 radical (unpaired) electrons. The van der Waals surface area contributed by atoms with Gasteiger partial charge in [-0.3, -0.25) is 4.57 Å². The van der Waals surface area contributed by atoms with Crippen molar-refractivity contribution in [1.82, 2.24) is 0 Å². The summed E-state index contributed by atoms with van der Waals surface area (Å²) < 4.78 is 18.1. The minimum atomic E-state index is -4.10.